The molecule has 0 N–H and O–H groups in total. The molecule has 39 heavy (non-hydrogen) atoms. The van der Waals surface area contributed by atoms with Crippen LogP contribution in [0.4, 0.5) is 0 Å². The Kier molecular flexibility index (Phi) is 9.83. The molecule has 0 atom stereocenters. The third-order valence-electron chi connectivity index (χ3n) is 6.83. The Bertz CT molecular complexity index is 1460. The second-order valence-corrected chi connectivity index (χ2v) is 10.3. The first kappa shape index (κ1) is 28.4. The molecule has 0 bridgehead atoms. The molecule has 4 aromatic rings. The Balaban J connectivity index is 0.00000353. The summed E-state index contributed by atoms with van der Waals surface area (Å²) in [7, 11) is 1.64. The summed E-state index contributed by atoms with van der Waals surface area (Å²) in [5, 5.41) is 12.4. The van der Waals surface area contributed by atoms with Gasteiger partial charge in [0, 0.05) is 33.1 Å². The van der Waals surface area contributed by atoms with Gasteiger partial charge in [-0.25, -0.2) is 0 Å². The molecular formula is C31H31ClN2O4S. The van der Waals surface area contributed by atoms with E-state index < -0.39 is 0 Å². The molecule has 1 saturated heterocycles. The number of benzene rings is 3. The topological polar surface area (TPSA) is 71.8 Å². The van der Waals surface area contributed by atoms with E-state index in [2.05, 4.69) is 11.0 Å². The summed E-state index contributed by atoms with van der Waals surface area (Å²) < 4.78 is 18.1. The summed E-state index contributed by atoms with van der Waals surface area (Å²) in [6.07, 6.45) is 3.75. The summed E-state index contributed by atoms with van der Waals surface area (Å²) in [6, 6.07) is 20.8. The number of carbonyl (C=O) groups is 1. The van der Waals surface area contributed by atoms with Gasteiger partial charge in [0.25, 0.3) is 0 Å². The molecule has 0 amide bonds. The standard InChI is InChI=1S/C31H30N2O4S.ClH/c1-35-25-8-5-22(6-9-25)20-37-26-10-12-30-27(18-26)28(21-38-30)31(34)23-7-11-29(24(17-23)19-32)36-16-15-33-13-3-2-4-14-33;/h5-12,17-18,21H,2-4,13-16,20H2,1H3;1H. The normalized spacial score (nSPS) is 13.3. The number of hydrogen-bond acceptors (Lipinski definition) is 7. The summed E-state index contributed by atoms with van der Waals surface area (Å²) in [5.74, 6) is 1.88. The van der Waals surface area contributed by atoms with Crippen molar-refractivity contribution in [2.24, 2.45) is 0 Å². The minimum Gasteiger partial charge on any atom is -0.497 e. The lowest BCUT2D eigenvalue weighted by molar-refractivity contribution is 0.104. The molecule has 3 aromatic carbocycles. The number of thiophene rings is 1. The Morgan fingerprint density at radius 1 is 0.974 bits per heavy atom. The summed E-state index contributed by atoms with van der Waals surface area (Å²) in [6.45, 7) is 3.98. The maximum atomic E-state index is 13.5. The van der Waals surface area contributed by atoms with Gasteiger partial charge in [0.1, 0.15) is 36.5 Å². The van der Waals surface area contributed by atoms with Crippen LogP contribution in [0.1, 0.15) is 46.3 Å². The van der Waals surface area contributed by atoms with E-state index in [1.54, 1.807) is 25.3 Å². The highest BCUT2D eigenvalue weighted by Gasteiger charge is 2.18. The average Bonchev–Trinajstić information content (AvgIpc) is 3.40. The van der Waals surface area contributed by atoms with Gasteiger partial charge in [-0.2, -0.15) is 5.26 Å². The van der Waals surface area contributed by atoms with Gasteiger partial charge in [-0.3, -0.25) is 9.69 Å². The number of halogens is 1. The fourth-order valence-corrected chi connectivity index (χ4v) is 5.59. The zero-order valence-electron chi connectivity index (χ0n) is 21.9. The fourth-order valence-electron chi connectivity index (χ4n) is 4.67. The number of rotatable bonds is 10. The van der Waals surface area contributed by atoms with Crippen molar-refractivity contribution in [3.05, 3.63) is 88.3 Å². The first-order chi connectivity index (χ1) is 18.6. The van der Waals surface area contributed by atoms with Gasteiger partial charge in [-0.15, -0.1) is 23.7 Å². The zero-order valence-corrected chi connectivity index (χ0v) is 23.5. The molecule has 0 unspecified atom stereocenters. The number of carbonyl (C=O) groups excluding carboxylic acids is 1. The van der Waals surface area contributed by atoms with Gasteiger partial charge in [-0.1, -0.05) is 18.6 Å². The molecule has 5 rings (SSSR count). The van der Waals surface area contributed by atoms with Crippen molar-refractivity contribution in [1.82, 2.24) is 4.90 Å². The number of likely N-dealkylation sites (tertiary alicyclic amines) is 1. The van der Waals surface area contributed by atoms with E-state index in [1.165, 1.54) is 30.6 Å². The Morgan fingerprint density at radius 2 is 1.74 bits per heavy atom. The number of nitrogens with zero attached hydrogens (tertiary/aromatic N) is 2. The number of hydrogen-bond donors (Lipinski definition) is 0. The Hall–Kier alpha value is -3.57. The molecule has 1 aliphatic heterocycles. The second-order valence-electron chi connectivity index (χ2n) is 9.35. The highest BCUT2D eigenvalue weighted by atomic mass is 35.5. The largest absolute Gasteiger partial charge is 0.497 e. The molecule has 0 saturated carbocycles. The van der Waals surface area contributed by atoms with Crippen molar-refractivity contribution in [1.29, 1.82) is 5.26 Å². The SMILES string of the molecule is COc1ccc(COc2ccc3scc(C(=O)c4ccc(OCCN5CCCCC5)c(C#N)c4)c3c2)cc1.Cl. The van der Waals surface area contributed by atoms with Crippen LogP contribution in [-0.2, 0) is 6.61 Å². The number of fused-ring (bicyclic) bond motifs is 1. The molecule has 0 spiro atoms. The van der Waals surface area contributed by atoms with Crippen molar-refractivity contribution in [3.63, 3.8) is 0 Å². The first-order valence-electron chi connectivity index (χ1n) is 12.9. The molecule has 0 radical (unpaired) electrons. The second kappa shape index (κ2) is 13.5. The van der Waals surface area contributed by atoms with Gasteiger partial charge in [0.15, 0.2) is 5.78 Å². The van der Waals surface area contributed by atoms with Crippen LogP contribution in [0.15, 0.2) is 66.0 Å². The molecule has 1 fully saturated rings. The number of piperidine rings is 1. The summed E-state index contributed by atoms with van der Waals surface area (Å²) in [5.41, 5.74) is 2.46. The molecule has 1 aliphatic rings. The van der Waals surface area contributed by atoms with E-state index in [0.29, 0.717) is 41.4 Å². The van der Waals surface area contributed by atoms with E-state index in [1.807, 2.05) is 47.8 Å². The van der Waals surface area contributed by atoms with E-state index in [-0.39, 0.29) is 18.2 Å². The molecule has 2 heterocycles. The molecule has 8 heteroatoms. The van der Waals surface area contributed by atoms with Gasteiger partial charge < -0.3 is 14.2 Å². The van der Waals surface area contributed by atoms with Gasteiger partial charge >= 0.3 is 0 Å². The van der Waals surface area contributed by atoms with Crippen LogP contribution >= 0.6 is 23.7 Å². The molecule has 0 aliphatic carbocycles. The van der Waals surface area contributed by atoms with Gasteiger partial charge in [-0.05, 0) is 80.0 Å². The number of methoxy groups -OCH3 is 1. The maximum absolute atomic E-state index is 13.5. The quantitative estimate of drug-likeness (QED) is 0.196. The van der Waals surface area contributed by atoms with Crippen molar-refractivity contribution in [3.8, 4) is 23.3 Å². The number of ether oxygens (including phenoxy) is 3. The van der Waals surface area contributed by atoms with E-state index >= 15 is 0 Å². The Labute approximate surface area is 239 Å². The van der Waals surface area contributed by atoms with Crippen LogP contribution in [0, 0.1) is 11.3 Å². The van der Waals surface area contributed by atoms with E-state index in [9.17, 15) is 10.1 Å². The van der Waals surface area contributed by atoms with Crippen LogP contribution in [0.3, 0.4) is 0 Å². The monoisotopic (exact) mass is 562 g/mol. The van der Waals surface area contributed by atoms with Crippen LogP contribution in [0.2, 0.25) is 0 Å². The third-order valence-corrected chi connectivity index (χ3v) is 7.79. The average molecular weight is 563 g/mol. The summed E-state index contributed by atoms with van der Waals surface area (Å²) >= 11 is 1.52. The van der Waals surface area contributed by atoms with Gasteiger partial charge in [0.05, 0.1) is 12.7 Å². The van der Waals surface area contributed by atoms with E-state index in [0.717, 1.165) is 41.0 Å². The lowest BCUT2D eigenvalue weighted by atomic mass is 10.0. The highest BCUT2D eigenvalue weighted by molar-refractivity contribution is 7.17. The Morgan fingerprint density at radius 3 is 2.49 bits per heavy atom. The predicted molar refractivity (Wildman–Crippen MR) is 157 cm³/mol. The van der Waals surface area contributed by atoms with Crippen LogP contribution in [0.25, 0.3) is 10.1 Å². The molecule has 6 nitrogen and oxygen atoms in total. The zero-order chi connectivity index (χ0) is 26.3. The first-order valence-corrected chi connectivity index (χ1v) is 13.7. The van der Waals surface area contributed by atoms with Crippen molar-refractivity contribution in [2.75, 3.05) is 33.4 Å². The van der Waals surface area contributed by atoms with Crippen molar-refractivity contribution >= 4 is 39.6 Å². The van der Waals surface area contributed by atoms with Crippen molar-refractivity contribution < 1.29 is 19.0 Å². The smallest absolute Gasteiger partial charge is 0.194 e. The predicted octanol–water partition coefficient (Wildman–Crippen LogP) is 6.88. The van der Waals surface area contributed by atoms with Crippen molar-refractivity contribution in [2.45, 2.75) is 25.9 Å². The van der Waals surface area contributed by atoms with Crippen LogP contribution < -0.4 is 14.2 Å². The molecule has 202 valence electrons. The highest BCUT2D eigenvalue weighted by Crippen LogP contribution is 2.32. The lowest BCUT2D eigenvalue weighted by Crippen LogP contribution is -2.33. The fraction of sp³-hybridized carbons (Fsp3) is 0.290. The minimum atomic E-state index is -0.125. The third kappa shape index (κ3) is 6.90. The van der Waals surface area contributed by atoms with Crippen LogP contribution in [-0.4, -0.2) is 44.0 Å². The lowest BCUT2D eigenvalue weighted by Gasteiger charge is -2.26. The summed E-state index contributed by atoms with van der Waals surface area (Å²) in [4.78, 5) is 15.9. The number of ketones is 1. The molecular weight excluding hydrogens is 532 g/mol. The molecule has 1 aromatic heterocycles. The maximum Gasteiger partial charge on any atom is 0.194 e. The van der Waals surface area contributed by atoms with E-state index in [4.69, 9.17) is 14.2 Å². The number of nitriles is 1. The minimum absolute atomic E-state index is 0. The van der Waals surface area contributed by atoms with Gasteiger partial charge in [0.2, 0.25) is 0 Å². The van der Waals surface area contributed by atoms with Crippen LogP contribution in [0.5, 0.6) is 17.2 Å².